The van der Waals surface area contributed by atoms with Crippen molar-refractivity contribution in [3.05, 3.63) is 0 Å². The lowest BCUT2D eigenvalue weighted by molar-refractivity contribution is -0.0191. The Morgan fingerprint density at radius 2 is 0.789 bits per heavy atom. The molecule has 0 fully saturated rings. The Bertz CT molecular complexity index is 760. The molecule has 4 aliphatic heterocycles. The van der Waals surface area contributed by atoms with Crippen LogP contribution in [0.2, 0.25) is 0 Å². The van der Waals surface area contributed by atoms with Crippen molar-refractivity contribution in [2.75, 3.05) is 0 Å². The van der Waals surface area contributed by atoms with Crippen molar-refractivity contribution in [1.82, 2.24) is 0 Å². The second-order valence-corrected chi connectivity index (χ2v) is 10.9. The Balaban J connectivity index is 0.00000342. The molecule has 0 saturated carbocycles. The first-order valence-electron chi connectivity index (χ1n) is 14.5. The maximum absolute atomic E-state index is 4.32. The zero-order chi connectivity index (χ0) is 23.6. The molecule has 3 spiro atoms. The van der Waals surface area contributed by atoms with Crippen molar-refractivity contribution in [2.24, 2.45) is 40.9 Å². The van der Waals surface area contributed by atoms with Crippen LogP contribution < -0.4 is 0 Å². The zero-order valence-electron chi connectivity index (χ0n) is 23.1. The Morgan fingerprint density at radius 1 is 0.421 bits per heavy atom. The summed E-state index contributed by atoms with van der Waals surface area (Å²) in [7, 11) is 0. The number of halogens is 4. The van der Waals surface area contributed by atoms with E-state index >= 15 is 0 Å². The molecule has 0 aliphatic carbocycles. The van der Waals surface area contributed by atoms with Gasteiger partial charge in [0.25, 0.3) is 5.66 Å². The van der Waals surface area contributed by atoms with Crippen molar-refractivity contribution in [3.8, 4) is 0 Å². The molecule has 222 valence electrons. The molecule has 3 atom stereocenters. The second kappa shape index (κ2) is 18.8. The highest BCUT2D eigenvalue weighted by molar-refractivity contribution is 5.86. The van der Waals surface area contributed by atoms with Gasteiger partial charge in [0.2, 0.25) is 0 Å². The van der Waals surface area contributed by atoms with Gasteiger partial charge < -0.3 is 0 Å². The quantitative estimate of drug-likeness (QED) is 0.115. The van der Waals surface area contributed by atoms with Gasteiger partial charge in [-0.1, -0.05) is 135 Å². The topological polar surface area (TPSA) is 98.9 Å². The van der Waals surface area contributed by atoms with Crippen LogP contribution >= 0.6 is 49.6 Å². The van der Waals surface area contributed by atoms with Crippen LogP contribution in [-0.4, -0.2) is 23.2 Å². The van der Waals surface area contributed by atoms with Crippen LogP contribution in [-0.2, 0) is 0 Å². The molecular weight excluding hydrogens is 566 g/mol. The summed E-state index contributed by atoms with van der Waals surface area (Å²) in [5.74, 6) is -0.792. The fourth-order valence-electron chi connectivity index (χ4n) is 5.60. The van der Waals surface area contributed by atoms with Crippen LogP contribution in [0.1, 0.15) is 142 Å². The van der Waals surface area contributed by atoms with Crippen molar-refractivity contribution in [1.29, 1.82) is 0 Å². The van der Waals surface area contributed by atoms with Crippen molar-refractivity contribution >= 4 is 49.6 Å². The Hall–Kier alpha value is -0.440. The number of fused-ring (bicyclic) bond motifs is 2. The molecule has 0 aromatic carbocycles. The summed E-state index contributed by atoms with van der Waals surface area (Å²) in [6, 6.07) is 0.0719. The molecule has 4 aliphatic rings. The summed E-state index contributed by atoms with van der Waals surface area (Å²) in [6.45, 7) is 2.29. The Morgan fingerprint density at radius 3 is 1.05 bits per heavy atom. The number of hydrogen-bond acceptors (Lipinski definition) is 8. The van der Waals surface area contributed by atoms with Gasteiger partial charge in [-0.2, -0.15) is 15.3 Å². The van der Waals surface area contributed by atoms with Gasteiger partial charge in [-0.15, -0.1) is 75.2 Å². The third-order valence-electron chi connectivity index (χ3n) is 8.10. The SMILES string of the molecule is CCCCCCCCCCCCCCCCCCCCCCC1N=NC12N=NC21N=NC12N=N2.Cl.Cl.Cl.Cl. The largest absolute Gasteiger partial charge is 0.351 e. The zero-order valence-corrected chi connectivity index (χ0v) is 26.4. The molecule has 4 heterocycles. The summed E-state index contributed by atoms with van der Waals surface area (Å²) < 4.78 is 0. The van der Waals surface area contributed by atoms with Gasteiger partial charge in [0.1, 0.15) is 6.04 Å². The lowest BCUT2D eigenvalue weighted by atomic mass is 9.76. The van der Waals surface area contributed by atoms with Gasteiger partial charge in [-0.05, 0) is 6.42 Å². The number of hydrogen-bond donors (Lipinski definition) is 0. The average molecular weight is 617 g/mol. The summed E-state index contributed by atoms with van der Waals surface area (Å²) in [5.41, 5.74) is -1.42. The van der Waals surface area contributed by atoms with Crippen molar-refractivity contribution in [2.45, 2.75) is 165 Å². The fraction of sp³-hybridized carbons (Fsp3) is 1.00. The van der Waals surface area contributed by atoms with E-state index in [0.29, 0.717) is 0 Å². The van der Waals surface area contributed by atoms with Gasteiger partial charge in [0, 0.05) is 0 Å². The van der Waals surface area contributed by atoms with E-state index in [4.69, 9.17) is 0 Å². The molecule has 0 amide bonds. The molecule has 0 aromatic heterocycles. The van der Waals surface area contributed by atoms with E-state index in [1.807, 2.05) is 0 Å². The molecule has 0 saturated heterocycles. The van der Waals surface area contributed by atoms with Crippen molar-refractivity contribution in [3.63, 3.8) is 0 Å². The number of unbranched alkanes of at least 4 members (excludes halogenated alkanes) is 19. The second-order valence-electron chi connectivity index (χ2n) is 10.9. The van der Waals surface area contributed by atoms with Crippen LogP contribution in [0.15, 0.2) is 40.9 Å². The highest BCUT2D eigenvalue weighted by atomic mass is 35.5. The Kier molecular flexibility index (Phi) is 18.6. The number of nitrogens with zero attached hydrogens (tertiary/aromatic N) is 8. The number of azo groups is 3. The van der Waals surface area contributed by atoms with E-state index < -0.39 is 17.1 Å². The van der Waals surface area contributed by atoms with Crippen LogP contribution in [0.25, 0.3) is 0 Å². The molecule has 0 bridgehead atoms. The molecule has 8 nitrogen and oxygen atoms in total. The minimum Gasteiger partial charge on any atom is -0.183 e. The average Bonchev–Trinajstić information content (AvgIpc) is 3.62. The van der Waals surface area contributed by atoms with Gasteiger partial charge in [0.15, 0.2) is 0 Å². The first-order valence-corrected chi connectivity index (χ1v) is 14.5. The first kappa shape index (κ1) is 37.6. The summed E-state index contributed by atoms with van der Waals surface area (Å²) in [4.78, 5) is 0. The van der Waals surface area contributed by atoms with Crippen LogP contribution in [0.3, 0.4) is 0 Å². The highest BCUT2D eigenvalue weighted by Crippen LogP contribution is 2.66. The maximum Gasteiger partial charge on any atom is 0.351 e. The van der Waals surface area contributed by atoms with E-state index in [1.165, 1.54) is 122 Å². The molecular formula is C26H50Cl4N8. The standard InChI is InChI=1S/C26H46N8.4ClH/c1-2-3-4-5-6-7-8-9-10-11-12-13-14-15-16-17-18-19-20-21-22-23-24(28-27-23)25(30-29-24)26(32-31-25)33-34-26;;;;/h23H,2-22H2,1H3;4*1H. The summed E-state index contributed by atoms with van der Waals surface area (Å²) >= 11 is 0. The normalized spacial score (nSPS) is 25.6. The Labute approximate surface area is 254 Å². The molecule has 0 N–H and O–H groups in total. The summed E-state index contributed by atoms with van der Waals surface area (Å²) in [6.07, 6.45) is 29.0. The predicted molar refractivity (Wildman–Crippen MR) is 163 cm³/mol. The van der Waals surface area contributed by atoms with E-state index in [0.717, 1.165) is 12.8 Å². The maximum atomic E-state index is 4.32. The van der Waals surface area contributed by atoms with Crippen LogP contribution in [0, 0.1) is 0 Å². The van der Waals surface area contributed by atoms with E-state index in [9.17, 15) is 0 Å². The van der Waals surface area contributed by atoms with E-state index in [1.54, 1.807) is 0 Å². The molecule has 4 rings (SSSR count). The molecule has 0 radical (unpaired) electrons. The van der Waals surface area contributed by atoms with Crippen molar-refractivity contribution < 1.29 is 0 Å². The van der Waals surface area contributed by atoms with Crippen LogP contribution in [0.4, 0.5) is 0 Å². The van der Waals surface area contributed by atoms with E-state index in [2.05, 4.69) is 47.8 Å². The molecule has 0 aromatic rings. The minimum atomic E-state index is -0.792. The minimum absolute atomic E-state index is 0. The monoisotopic (exact) mass is 614 g/mol. The number of rotatable bonds is 21. The first-order chi connectivity index (χ1) is 16.8. The lowest BCUT2D eigenvalue weighted by Crippen LogP contribution is -2.73. The predicted octanol–water partition coefficient (Wildman–Crippen LogP) is 11.2. The van der Waals surface area contributed by atoms with Gasteiger partial charge >= 0.3 is 11.4 Å². The molecule has 12 heteroatoms. The smallest absolute Gasteiger partial charge is 0.183 e. The van der Waals surface area contributed by atoms with Gasteiger partial charge in [0.05, 0.1) is 0 Å². The highest BCUT2D eigenvalue weighted by Gasteiger charge is 2.86. The molecule has 38 heavy (non-hydrogen) atoms. The molecule has 3 unspecified atom stereocenters. The third-order valence-corrected chi connectivity index (χ3v) is 8.10. The van der Waals surface area contributed by atoms with Gasteiger partial charge in [-0.25, -0.2) is 0 Å². The van der Waals surface area contributed by atoms with Crippen LogP contribution in [0.5, 0.6) is 0 Å². The van der Waals surface area contributed by atoms with E-state index in [-0.39, 0.29) is 55.7 Å². The fourth-order valence-corrected chi connectivity index (χ4v) is 5.60. The third kappa shape index (κ3) is 8.53. The summed E-state index contributed by atoms with van der Waals surface area (Å²) in [5, 5.41) is 33.4. The van der Waals surface area contributed by atoms with Gasteiger partial charge in [-0.3, -0.25) is 0 Å². The lowest BCUT2D eigenvalue weighted by Gasteiger charge is -2.52.